The van der Waals surface area contributed by atoms with E-state index in [0.717, 1.165) is 25.3 Å². The molecule has 5 heteroatoms. The molecule has 0 aliphatic heterocycles. The van der Waals surface area contributed by atoms with Crippen molar-refractivity contribution in [1.29, 1.82) is 0 Å². The summed E-state index contributed by atoms with van der Waals surface area (Å²) < 4.78 is 26.7. The SMILES string of the molecule is CCC(CC)CC(NN)c1ccc(F)c(F)c1Br. The number of rotatable bonds is 6. The quantitative estimate of drug-likeness (QED) is 0.471. The minimum absolute atomic E-state index is 0.149. The molecule has 0 amide bonds. The lowest BCUT2D eigenvalue weighted by molar-refractivity contribution is 0.372. The van der Waals surface area contributed by atoms with Gasteiger partial charge in [0.15, 0.2) is 11.6 Å². The Bertz CT molecular complexity index is 395. The molecule has 1 rings (SSSR count). The number of halogens is 3. The molecule has 0 radical (unpaired) electrons. The molecule has 18 heavy (non-hydrogen) atoms. The van der Waals surface area contributed by atoms with Gasteiger partial charge in [-0.2, -0.15) is 0 Å². The molecule has 0 heterocycles. The summed E-state index contributed by atoms with van der Waals surface area (Å²) in [4.78, 5) is 0. The third-order valence-electron chi connectivity index (χ3n) is 3.37. The lowest BCUT2D eigenvalue weighted by atomic mass is 9.91. The predicted molar refractivity (Wildman–Crippen MR) is 72.8 cm³/mol. The van der Waals surface area contributed by atoms with E-state index in [1.807, 2.05) is 0 Å². The Morgan fingerprint density at radius 2 is 1.89 bits per heavy atom. The Kier molecular flexibility index (Phi) is 6.18. The van der Waals surface area contributed by atoms with Crippen molar-refractivity contribution >= 4 is 15.9 Å². The molecular weight excluding hydrogens is 302 g/mol. The minimum atomic E-state index is -0.864. The van der Waals surface area contributed by atoms with Gasteiger partial charge in [-0.1, -0.05) is 32.8 Å². The van der Waals surface area contributed by atoms with Gasteiger partial charge < -0.3 is 0 Å². The molecule has 1 aromatic carbocycles. The average Bonchev–Trinajstić information content (AvgIpc) is 2.39. The zero-order valence-corrected chi connectivity index (χ0v) is 12.2. The maximum atomic E-state index is 13.5. The van der Waals surface area contributed by atoms with E-state index >= 15 is 0 Å². The highest BCUT2D eigenvalue weighted by Crippen LogP contribution is 2.32. The van der Waals surface area contributed by atoms with Crippen LogP contribution in [0.1, 0.15) is 44.7 Å². The van der Waals surface area contributed by atoms with Crippen molar-refractivity contribution in [2.75, 3.05) is 0 Å². The van der Waals surface area contributed by atoms with Crippen molar-refractivity contribution in [2.24, 2.45) is 11.8 Å². The summed E-state index contributed by atoms with van der Waals surface area (Å²) in [5.74, 6) is 4.32. The largest absolute Gasteiger partial charge is 0.271 e. The second-order valence-corrected chi connectivity index (χ2v) is 5.20. The first-order valence-electron chi connectivity index (χ1n) is 6.14. The van der Waals surface area contributed by atoms with Gasteiger partial charge in [-0.05, 0) is 39.9 Å². The summed E-state index contributed by atoms with van der Waals surface area (Å²) in [7, 11) is 0. The molecule has 1 atom stereocenters. The molecule has 2 nitrogen and oxygen atoms in total. The fraction of sp³-hybridized carbons (Fsp3) is 0.538. The van der Waals surface area contributed by atoms with Crippen molar-refractivity contribution in [2.45, 2.75) is 39.2 Å². The first-order chi connectivity index (χ1) is 8.54. The molecule has 0 fully saturated rings. The highest BCUT2D eigenvalue weighted by atomic mass is 79.9. The van der Waals surface area contributed by atoms with E-state index in [-0.39, 0.29) is 10.5 Å². The van der Waals surface area contributed by atoms with Crippen LogP contribution in [0, 0.1) is 17.6 Å². The van der Waals surface area contributed by atoms with Crippen LogP contribution in [0.15, 0.2) is 16.6 Å². The second-order valence-electron chi connectivity index (χ2n) is 4.40. The minimum Gasteiger partial charge on any atom is -0.271 e. The lowest BCUT2D eigenvalue weighted by Crippen LogP contribution is -2.30. The van der Waals surface area contributed by atoms with E-state index in [1.165, 1.54) is 0 Å². The van der Waals surface area contributed by atoms with E-state index in [0.29, 0.717) is 11.5 Å². The summed E-state index contributed by atoms with van der Waals surface area (Å²) in [5, 5.41) is 0. The van der Waals surface area contributed by atoms with Gasteiger partial charge >= 0.3 is 0 Å². The molecule has 0 saturated heterocycles. The maximum absolute atomic E-state index is 13.5. The number of nitrogens with one attached hydrogen (secondary N) is 1. The van der Waals surface area contributed by atoms with Crippen LogP contribution in [0.2, 0.25) is 0 Å². The van der Waals surface area contributed by atoms with Crippen LogP contribution in [-0.4, -0.2) is 0 Å². The van der Waals surface area contributed by atoms with E-state index in [9.17, 15) is 8.78 Å². The topological polar surface area (TPSA) is 38.0 Å². The van der Waals surface area contributed by atoms with Gasteiger partial charge in [-0.25, -0.2) is 8.78 Å². The molecule has 1 unspecified atom stereocenters. The van der Waals surface area contributed by atoms with Crippen molar-refractivity contribution in [3.05, 3.63) is 33.8 Å². The standard InChI is InChI=1S/C13H19BrF2N2/c1-3-8(4-2)7-11(18-17)9-5-6-10(15)13(16)12(9)14/h5-6,8,11,18H,3-4,7,17H2,1-2H3. The van der Waals surface area contributed by atoms with Crippen molar-refractivity contribution in [3.8, 4) is 0 Å². The Balaban J connectivity index is 2.98. The van der Waals surface area contributed by atoms with Gasteiger partial charge in [0.1, 0.15) is 0 Å². The third-order valence-corrected chi connectivity index (χ3v) is 4.17. The fourth-order valence-electron chi connectivity index (χ4n) is 2.05. The molecule has 1 aromatic rings. The van der Waals surface area contributed by atoms with E-state index < -0.39 is 11.6 Å². The molecule has 102 valence electrons. The molecular formula is C13H19BrF2N2. The van der Waals surface area contributed by atoms with Crippen molar-refractivity contribution < 1.29 is 8.78 Å². The second kappa shape index (κ2) is 7.16. The van der Waals surface area contributed by atoms with E-state index in [2.05, 4.69) is 35.2 Å². The molecule has 0 saturated carbocycles. The Morgan fingerprint density at radius 3 is 2.39 bits per heavy atom. The predicted octanol–water partition coefficient (Wildman–Crippen LogP) is 4.06. The summed E-state index contributed by atoms with van der Waals surface area (Å²) in [5.41, 5.74) is 3.34. The number of hydrogen-bond acceptors (Lipinski definition) is 2. The smallest absolute Gasteiger partial charge is 0.173 e. The molecule has 0 bridgehead atoms. The van der Waals surface area contributed by atoms with Crippen LogP contribution in [0.5, 0.6) is 0 Å². The zero-order chi connectivity index (χ0) is 13.7. The van der Waals surface area contributed by atoms with Crippen LogP contribution >= 0.6 is 15.9 Å². The van der Waals surface area contributed by atoms with E-state index in [4.69, 9.17) is 5.84 Å². The number of hydrogen-bond donors (Lipinski definition) is 2. The molecule has 0 aliphatic carbocycles. The Hall–Kier alpha value is -0.520. The molecule has 3 N–H and O–H groups in total. The molecule has 0 aromatic heterocycles. The van der Waals surface area contributed by atoms with Gasteiger partial charge in [-0.3, -0.25) is 11.3 Å². The molecule has 0 aliphatic rings. The Labute approximate surface area is 115 Å². The summed E-state index contributed by atoms with van der Waals surface area (Å²) >= 11 is 3.10. The van der Waals surface area contributed by atoms with Gasteiger partial charge in [0, 0.05) is 6.04 Å². The monoisotopic (exact) mass is 320 g/mol. The van der Waals surface area contributed by atoms with Crippen molar-refractivity contribution in [3.63, 3.8) is 0 Å². The van der Waals surface area contributed by atoms with Gasteiger partial charge in [-0.15, -0.1) is 0 Å². The first kappa shape index (κ1) is 15.5. The summed E-state index contributed by atoms with van der Waals surface area (Å²) in [6, 6.07) is 2.52. The number of benzene rings is 1. The molecule has 0 spiro atoms. The fourth-order valence-corrected chi connectivity index (χ4v) is 2.65. The first-order valence-corrected chi connectivity index (χ1v) is 6.93. The van der Waals surface area contributed by atoms with Crippen molar-refractivity contribution in [1.82, 2.24) is 5.43 Å². The van der Waals surface area contributed by atoms with E-state index in [1.54, 1.807) is 6.07 Å². The number of nitrogens with two attached hydrogens (primary N) is 1. The normalized spacial score (nSPS) is 13.1. The highest BCUT2D eigenvalue weighted by Gasteiger charge is 2.20. The summed E-state index contributed by atoms with van der Waals surface area (Å²) in [6.45, 7) is 4.23. The van der Waals surface area contributed by atoms with Gasteiger partial charge in [0.2, 0.25) is 0 Å². The van der Waals surface area contributed by atoms with Crippen LogP contribution in [0.4, 0.5) is 8.78 Å². The van der Waals surface area contributed by atoms with Gasteiger partial charge in [0.05, 0.1) is 4.47 Å². The highest BCUT2D eigenvalue weighted by molar-refractivity contribution is 9.10. The average molecular weight is 321 g/mol. The van der Waals surface area contributed by atoms with Crippen LogP contribution < -0.4 is 11.3 Å². The third kappa shape index (κ3) is 3.49. The van der Waals surface area contributed by atoms with Crippen LogP contribution in [0.25, 0.3) is 0 Å². The maximum Gasteiger partial charge on any atom is 0.173 e. The zero-order valence-electron chi connectivity index (χ0n) is 10.6. The van der Waals surface area contributed by atoms with Crippen LogP contribution in [-0.2, 0) is 0 Å². The summed E-state index contributed by atoms with van der Waals surface area (Å²) in [6.07, 6.45) is 2.87. The van der Waals surface area contributed by atoms with Gasteiger partial charge in [0.25, 0.3) is 0 Å². The number of hydrazine groups is 1. The van der Waals surface area contributed by atoms with Crippen LogP contribution in [0.3, 0.4) is 0 Å². The Morgan fingerprint density at radius 1 is 1.28 bits per heavy atom. The lowest BCUT2D eigenvalue weighted by Gasteiger charge is -2.22.